The number of nitrogens with zero attached hydrogens (tertiary/aromatic N) is 1. The summed E-state index contributed by atoms with van der Waals surface area (Å²) in [7, 11) is 0. The van der Waals surface area contributed by atoms with Crippen LogP contribution in [0.15, 0.2) is 19.8 Å². The van der Waals surface area contributed by atoms with Crippen LogP contribution >= 0.6 is 31.9 Å². The van der Waals surface area contributed by atoms with Gasteiger partial charge < -0.3 is 10.2 Å². The first-order valence-electron chi connectivity index (χ1n) is 2.74. The zero-order valence-electron chi connectivity index (χ0n) is 5.34. The Balaban J connectivity index is 3.12. The van der Waals surface area contributed by atoms with Gasteiger partial charge in [0.25, 0.3) is 0 Å². The third kappa shape index (κ3) is 1.64. The maximum Gasteiger partial charge on any atom is 0.175 e. The molecule has 0 aliphatic carbocycles. The first-order valence-corrected chi connectivity index (χ1v) is 4.33. The van der Waals surface area contributed by atoms with Crippen molar-refractivity contribution in [3.05, 3.63) is 21.0 Å². The van der Waals surface area contributed by atoms with E-state index in [1.807, 2.05) is 6.07 Å². The monoisotopic (exact) mass is 278 g/mol. The van der Waals surface area contributed by atoms with Gasteiger partial charge in [-0.1, -0.05) is 0 Å². The molecule has 58 valence electrons. The molecule has 5 heteroatoms. The fourth-order valence-electron chi connectivity index (χ4n) is 0.660. The summed E-state index contributed by atoms with van der Waals surface area (Å²) in [4.78, 5) is 0. The van der Waals surface area contributed by atoms with E-state index in [0.717, 1.165) is 0 Å². The molecule has 3 nitrogen and oxygen atoms in total. The van der Waals surface area contributed by atoms with Crippen molar-refractivity contribution in [2.75, 3.05) is 0 Å². The van der Waals surface area contributed by atoms with Crippen LogP contribution in [0, 0.1) is 11.3 Å². The van der Waals surface area contributed by atoms with Crippen LogP contribution in [0.5, 0.6) is 0 Å². The van der Waals surface area contributed by atoms with E-state index in [2.05, 4.69) is 31.9 Å². The predicted octanol–water partition coefficient (Wildman–Crippen LogP) is 2.33. The van der Waals surface area contributed by atoms with Gasteiger partial charge in [0.1, 0.15) is 12.3 Å². The minimum Gasteiger partial charge on any atom is -0.456 e. The van der Waals surface area contributed by atoms with Gasteiger partial charge in [-0.15, -0.1) is 0 Å². The molecule has 0 fully saturated rings. The minimum absolute atomic E-state index is 0.499. The fraction of sp³-hybridized carbons (Fsp3) is 0.167. The second kappa shape index (κ2) is 3.39. The number of hydrogen-bond donors (Lipinski definition) is 1. The molecule has 0 aliphatic heterocycles. The summed E-state index contributed by atoms with van der Waals surface area (Å²) in [6.07, 6.45) is 1.48. The van der Waals surface area contributed by atoms with Crippen molar-refractivity contribution in [3.63, 3.8) is 0 Å². The average molecular weight is 280 g/mol. The van der Waals surface area contributed by atoms with Crippen molar-refractivity contribution in [2.24, 2.45) is 5.73 Å². The van der Waals surface area contributed by atoms with Crippen molar-refractivity contribution in [1.82, 2.24) is 0 Å². The lowest BCUT2D eigenvalue weighted by atomic mass is 10.2. The highest BCUT2D eigenvalue weighted by atomic mass is 79.9. The highest BCUT2D eigenvalue weighted by molar-refractivity contribution is 9.11. The Morgan fingerprint density at radius 1 is 1.64 bits per heavy atom. The van der Waals surface area contributed by atoms with Gasteiger partial charge in [-0.2, -0.15) is 5.26 Å². The molecular weight excluding hydrogens is 276 g/mol. The largest absolute Gasteiger partial charge is 0.456 e. The van der Waals surface area contributed by atoms with Crippen LogP contribution in [-0.4, -0.2) is 0 Å². The van der Waals surface area contributed by atoms with Gasteiger partial charge in [0.2, 0.25) is 0 Å². The normalized spacial score (nSPS) is 12.5. The van der Waals surface area contributed by atoms with Crippen molar-refractivity contribution >= 4 is 31.9 Å². The molecule has 1 atom stereocenters. The fourth-order valence-corrected chi connectivity index (χ4v) is 2.00. The molecule has 1 aromatic heterocycles. The number of halogens is 2. The average Bonchev–Trinajstić information content (AvgIpc) is 2.30. The SMILES string of the molecule is N#CC(N)c1c(Br)coc1Br. The second-order valence-electron chi connectivity index (χ2n) is 1.88. The molecule has 0 amide bonds. The Morgan fingerprint density at radius 2 is 2.27 bits per heavy atom. The van der Waals surface area contributed by atoms with E-state index in [4.69, 9.17) is 15.4 Å². The molecule has 0 aliphatic rings. The van der Waals surface area contributed by atoms with Gasteiger partial charge in [-0.3, -0.25) is 0 Å². The Morgan fingerprint density at radius 3 is 2.64 bits per heavy atom. The molecule has 1 heterocycles. The van der Waals surface area contributed by atoms with E-state index in [-0.39, 0.29) is 0 Å². The van der Waals surface area contributed by atoms with E-state index < -0.39 is 6.04 Å². The lowest BCUT2D eigenvalue weighted by molar-refractivity contribution is 0.535. The van der Waals surface area contributed by atoms with Crippen LogP contribution in [-0.2, 0) is 0 Å². The van der Waals surface area contributed by atoms with Crippen LogP contribution in [0.4, 0.5) is 0 Å². The van der Waals surface area contributed by atoms with Crippen molar-refractivity contribution < 1.29 is 4.42 Å². The molecule has 0 radical (unpaired) electrons. The third-order valence-electron chi connectivity index (χ3n) is 1.19. The number of nitriles is 1. The maximum absolute atomic E-state index is 8.50. The summed E-state index contributed by atoms with van der Waals surface area (Å²) in [5.41, 5.74) is 6.11. The highest BCUT2D eigenvalue weighted by Gasteiger charge is 2.16. The van der Waals surface area contributed by atoms with Gasteiger partial charge in [0.05, 0.1) is 16.1 Å². The summed E-state index contributed by atoms with van der Waals surface area (Å²) >= 11 is 6.33. The van der Waals surface area contributed by atoms with Gasteiger partial charge in [0.15, 0.2) is 4.67 Å². The number of rotatable bonds is 1. The summed E-state index contributed by atoms with van der Waals surface area (Å²) < 4.78 is 6.16. The Hall–Kier alpha value is -0.310. The number of nitrogens with two attached hydrogens (primary N) is 1. The summed E-state index contributed by atoms with van der Waals surface area (Å²) in [6, 6.07) is 1.25. The van der Waals surface area contributed by atoms with Crippen LogP contribution in [0.1, 0.15) is 11.6 Å². The van der Waals surface area contributed by atoms with E-state index in [0.29, 0.717) is 14.7 Å². The van der Waals surface area contributed by atoms with Gasteiger partial charge in [-0.05, 0) is 31.9 Å². The molecule has 1 rings (SSSR count). The smallest absolute Gasteiger partial charge is 0.175 e. The van der Waals surface area contributed by atoms with Crippen LogP contribution in [0.3, 0.4) is 0 Å². The van der Waals surface area contributed by atoms with Crippen molar-refractivity contribution in [1.29, 1.82) is 5.26 Å². The predicted molar refractivity (Wildman–Crippen MR) is 46.6 cm³/mol. The van der Waals surface area contributed by atoms with E-state index in [9.17, 15) is 0 Å². The summed E-state index contributed by atoms with van der Waals surface area (Å²) in [5, 5.41) is 8.50. The molecule has 2 N–H and O–H groups in total. The first kappa shape index (κ1) is 8.78. The highest BCUT2D eigenvalue weighted by Crippen LogP contribution is 2.31. The van der Waals surface area contributed by atoms with E-state index >= 15 is 0 Å². The van der Waals surface area contributed by atoms with E-state index in [1.165, 1.54) is 6.26 Å². The van der Waals surface area contributed by atoms with Crippen LogP contribution in [0.25, 0.3) is 0 Å². The zero-order chi connectivity index (χ0) is 8.43. The Labute approximate surface area is 80.4 Å². The molecule has 0 saturated carbocycles. The molecule has 0 aromatic carbocycles. The lowest BCUT2D eigenvalue weighted by Crippen LogP contribution is -2.06. The quantitative estimate of drug-likeness (QED) is 0.858. The topological polar surface area (TPSA) is 63.0 Å². The minimum atomic E-state index is -0.655. The van der Waals surface area contributed by atoms with Gasteiger partial charge in [-0.25, -0.2) is 0 Å². The van der Waals surface area contributed by atoms with Gasteiger partial charge >= 0.3 is 0 Å². The molecule has 1 aromatic rings. The Kier molecular flexibility index (Phi) is 2.71. The van der Waals surface area contributed by atoms with Crippen molar-refractivity contribution in [3.8, 4) is 6.07 Å². The Bertz CT molecular complexity index is 283. The summed E-state index contributed by atoms with van der Waals surface area (Å²) in [6.45, 7) is 0. The van der Waals surface area contributed by atoms with Crippen LogP contribution in [0.2, 0.25) is 0 Å². The zero-order valence-corrected chi connectivity index (χ0v) is 8.52. The molecule has 1 unspecified atom stereocenters. The first-order chi connectivity index (χ1) is 5.16. The van der Waals surface area contributed by atoms with Crippen molar-refractivity contribution in [2.45, 2.75) is 6.04 Å². The standard InChI is InChI=1S/C6H4Br2N2O/c7-3-2-11-6(8)5(3)4(10)1-9/h2,4H,10H2. The van der Waals surface area contributed by atoms with E-state index in [1.54, 1.807) is 0 Å². The molecule has 0 spiro atoms. The lowest BCUT2D eigenvalue weighted by Gasteiger charge is -1.98. The van der Waals surface area contributed by atoms with Crippen LogP contribution < -0.4 is 5.73 Å². The molecule has 0 bridgehead atoms. The van der Waals surface area contributed by atoms with Gasteiger partial charge in [0, 0.05) is 0 Å². The maximum atomic E-state index is 8.50. The second-order valence-corrected chi connectivity index (χ2v) is 3.45. The summed E-state index contributed by atoms with van der Waals surface area (Å²) in [5.74, 6) is 0. The third-order valence-corrected chi connectivity index (χ3v) is 2.41. The number of furan rings is 1. The number of hydrogen-bond acceptors (Lipinski definition) is 3. The molecular formula is C6H4Br2N2O. The molecule has 0 saturated heterocycles. The molecule has 11 heavy (non-hydrogen) atoms.